The number of rotatable bonds is 1. The summed E-state index contributed by atoms with van der Waals surface area (Å²) in [7, 11) is 1.80. The van der Waals surface area contributed by atoms with E-state index in [9.17, 15) is 0 Å². The lowest BCUT2D eigenvalue weighted by Crippen LogP contribution is -2.08. The molecular weight excluding hydrogens is 250 g/mol. The van der Waals surface area contributed by atoms with Gasteiger partial charge in [0.15, 0.2) is 0 Å². The third-order valence-electron chi connectivity index (χ3n) is 3.24. The van der Waals surface area contributed by atoms with Gasteiger partial charge in [-0.15, -0.1) is 0 Å². The molecule has 0 aliphatic carbocycles. The van der Waals surface area contributed by atoms with Crippen molar-refractivity contribution < 1.29 is 4.74 Å². The van der Waals surface area contributed by atoms with Gasteiger partial charge in [0.1, 0.15) is 16.6 Å². The SMILES string of the molecule is Cn1c(N)nc(-c2ccc3c(c2)CCCO3)c1Cl. The van der Waals surface area contributed by atoms with Crippen LogP contribution in [0.2, 0.25) is 5.15 Å². The van der Waals surface area contributed by atoms with Crippen LogP contribution in [0.3, 0.4) is 0 Å². The lowest BCUT2D eigenvalue weighted by Gasteiger charge is -2.17. The van der Waals surface area contributed by atoms with E-state index >= 15 is 0 Å². The Balaban J connectivity index is 2.09. The molecule has 1 aromatic carbocycles. The zero-order valence-electron chi connectivity index (χ0n) is 10.1. The molecule has 0 bridgehead atoms. The highest BCUT2D eigenvalue weighted by Gasteiger charge is 2.16. The van der Waals surface area contributed by atoms with Gasteiger partial charge in [0.05, 0.1) is 6.61 Å². The third kappa shape index (κ3) is 1.73. The van der Waals surface area contributed by atoms with Gasteiger partial charge in [-0.3, -0.25) is 0 Å². The molecule has 3 rings (SSSR count). The second kappa shape index (κ2) is 4.21. The largest absolute Gasteiger partial charge is 0.493 e. The molecule has 0 saturated heterocycles. The first-order valence-electron chi connectivity index (χ1n) is 5.90. The monoisotopic (exact) mass is 263 g/mol. The van der Waals surface area contributed by atoms with E-state index in [1.54, 1.807) is 11.6 Å². The molecule has 18 heavy (non-hydrogen) atoms. The number of nitrogens with two attached hydrogens (primary N) is 1. The predicted molar refractivity (Wildman–Crippen MR) is 71.9 cm³/mol. The fraction of sp³-hybridized carbons (Fsp3) is 0.308. The van der Waals surface area contributed by atoms with Crippen molar-refractivity contribution in [1.29, 1.82) is 0 Å². The number of aromatic nitrogens is 2. The number of benzene rings is 1. The first-order valence-corrected chi connectivity index (χ1v) is 6.28. The van der Waals surface area contributed by atoms with E-state index < -0.39 is 0 Å². The first-order chi connectivity index (χ1) is 8.66. The predicted octanol–water partition coefficient (Wildman–Crippen LogP) is 2.65. The van der Waals surface area contributed by atoms with Crippen LogP contribution in [0.25, 0.3) is 11.3 Å². The minimum atomic E-state index is 0.420. The molecule has 1 aromatic heterocycles. The summed E-state index contributed by atoms with van der Waals surface area (Å²) in [4.78, 5) is 4.30. The summed E-state index contributed by atoms with van der Waals surface area (Å²) in [6.07, 6.45) is 2.08. The summed E-state index contributed by atoms with van der Waals surface area (Å²) in [6, 6.07) is 6.03. The summed E-state index contributed by atoms with van der Waals surface area (Å²) in [6.45, 7) is 0.795. The Bertz CT molecular complexity index is 607. The van der Waals surface area contributed by atoms with Crippen LogP contribution in [0.1, 0.15) is 12.0 Å². The van der Waals surface area contributed by atoms with Crippen LogP contribution in [0.15, 0.2) is 18.2 Å². The normalized spacial score (nSPS) is 14.1. The molecule has 0 atom stereocenters. The Labute approximate surface area is 110 Å². The molecule has 5 heteroatoms. The maximum absolute atomic E-state index is 6.22. The average molecular weight is 264 g/mol. The molecule has 4 nitrogen and oxygen atoms in total. The molecular formula is C13H14ClN3O. The fourth-order valence-electron chi connectivity index (χ4n) is 2.19. The van der Waals surface area contributed by atoms with Crippen LogP contribution < -0.4 is 10.5 Å². The second-order valence-electron chi connectivity index (χ2n) is 4.44. The maximum atomic E-state index is 6.22. The van der Waals surface area contributed by atoms with Gasteiger partial charge in [-0.1, -0.05) is 11.6 Å². The summed E-state index contributed by atoms with van der Waals surface area (Å²) in [5, 5.41) is 0.559. The van der Waals surface area contributed by atoms with E-state index in [0.717, 1.165) is 36.5 Å². The summed E-state index contributed by atoms with van der Waals surface area (Å²) in [5.74, 6) is 1.38. The van der Waals surface area contributed by atoms with E-state index in [0.29, 0.717) is 11.1 Å². The van der Waals surface area contributed by atoms with Gasteiger partial charge >= 0.3 is 0 Å². The Morgan fingerprint density at radius 3 is 3.00 bits per heavy atom. The zero-order valence-corrected chi connectivity index (χ0v) is 10.9. The molecule has 1 aliphatic heterocycles. The van der Waals surface area contributed by atoms with Gasteiger partial charge in [-0.2, -0.15) is 0 Å². The molecule has 0 radical (unpaired) electrons. The lowest BCUT2D eigenvalue weighted by atomic mass is 10.0. The van der Waals surface area contributed by atoms with Crippen molar-refractivity contribution in [2.45, 2.75) is 12.8 Å². The third-order valence-corrected chi connectivity index (χ3v) is 3.67. The molecule has 1 aliphatic rings. The number of nitrogen functional groups attached to an aromatic ring is 1. The van der Waals surface area contributed by atoms with Crippen molar-refractivity contribution in [2.24, 2.45) is 7.05 Å². The summed E-state index contributed by atoms with van der Waals surface area (Å²) < 4.78 is 7.26. The minimum absolute atomic E-state index is 0.420. The molecule has 2 heterocycles. The number of hydrogen-bond donors (Lipinski definition) is 1. The van der Waals surface area contributed by atoms with Crippen LogP contribution in [0.4, 0.5) is 5.95 Å². The highest BCUT2D eigenvalue weighted by molar-refractivity contribution is 6.32. The van der Waals surface area contributed by atoms with Crippen molar-refractivity contribution in [2.75, 3.05) is 12.3 Å². The smallest absolute Gasteiger partial charge is 0.201 e. The number of ether oxygens (including phenoxy) is 1. The van der Waals surface area contributed by atoms with Crippen molar-refractivity contribution in [3.05, 3.63) is 28.9 Å². The zero-order chi connectivity index (χ0) is 12.7. The van der Waals surface area contributed by atoms with Crippen LogP contribution in [0, 0.1) is 0 Å². The minimum Gasteiger partial charge on any atom is -0.493 e. The first kappa shape index (κ1) is 11.4. The lowest BCUT2D eigenvalue weighted by molar-refractivity contribution is 0.288. The Morgan fingerprint density at radius 2 is 2.28 bits per heavy atom. The number of fused-ring (bicyclic) bond motifs is 1. The molecule has 0 amide bonds. The van der Waals surface area contributed by atoms with Gasteiger partial charge in [0.2, 0.25) is 5.95 Å². The molecule has 94 valence electrons. The van der Waals surface area contributed by atoms with E-state index in [4.69, 9.17) is 22.1 Å². The summed E-state index contributed by atoms with van der Waals surface area (Å²) in [5.41, 5.74) is 8.68. The van der Waals surface area contributed by atoms with Gasteiger partial charge in [-0.25, -0.2) is 4.98 Å². The quantitative estimate of drug-likeness (QED) is 0.861. The Morgan fingerprint density at radius 1 is 1.44 bits per heavy atom. The van der Waals surface area contributed by atoms with E-state index in [-0.39, 0.29) is 0 Å². The van der Waals surface area contributed by atoms with Crippen LogP contribution >= 0.6 is 11.6 Å². The number of aryl methyl sites for hydroxylation is 1. The van der Waals surface area contributed by atoms with Crippen molar-refractivity contribution >= 4 is 17.5 Å². The molecule has 2 N–H and O–H groups in total. The highest BCUT2D eigenvalue weighted by Crippen LogP contribution is 2.33. The molecule has 0 saturated carbocycles. The summed E-state index contributed by atoms with van der Waals surface area (Å²) >= 11 is 6.22. The number of nitrogens with zero attached hydrogens (tertiary/aromatic N) is 2. The highest BCUT2D eigenvalue weighted by atomic mass is 35.5. The van der Waals surface area contributed by atoms with Gasteiger partial charge in [0, 0.05) is 12.6 Å². The van der Waals surface area contributed by atoms with Crippen molar-refractivity contribution in [1.82, 2.24) is 9.55 Å². The van der Waals surface area contributed by atoms with E-state index in [2.05, 4.69) is 11.1 Å². The Kier molecular flexibility index (Phi) is 2.67. The van der Waals surface area contributed by atoms with E-state index in [1.165, 1.54) is 5.56 Å². The van der Waals surface area contributed by atoms with Crippen LogP contribution in [-0.4, -0.2) is 16.2 Å². The maximum Gasteiger partial charge on any atom is 0.201 e. The molecule has 0 fully saturated rings. The average Bonchev–Trinajstić information content (AvgIpc) is 2.66. The standard InChI is InChI=1S/C13H14ClN3O/c1-17-12(14)11(16-13(17)15)9-4-5-10-8(7-9)3-2-6-18-10/h4-5,7H,2-3,6H2,1H3,(H2,15,16). The van der Waals surface area contributed by atoms with Gasteiger partial charge in [-0.05, 0) is 36.6 Å². The van der Waals surface area contributed by atoms with Crippen LogP contribution in [-0.2, 0) is 13.5 Å². The Hall–Kier alpha value is -1.68. The van der Waals surface area contributed by atoms with Gasteiger partial charge < -0.3 is 15.0 Å². The van der Waals surface area contributed by atoms with Crippen LogP contribution in [0.5, 0.6) is 5.75 Å². The number of anilines is 1. The number of hydrogen-bond acceptors (Lipinski definition) is 3. The molecule has 0 unspecified atom stereocenters. The second-order valence-corrected chi connectivity index (χ2v) is 4.80. The van der Waals surface area contributed by atoms with Crippen molar-refractivity contribution in [3.8, 4) is 17.0 Å². The number of halogens is 1. The van der Waals surface area contributed by atoms with Crippen molar-refractivity contribution in [3.63, 3.8) is 0 Å². The van der Waals surface area contributed by atoms with E-state index in [1.807, 2.05) is 12.1 Å². The number of imidazole rings is 1. The topological polar surface area (TPSA) is 53.1 Å². The molecule has 2 aromatic rings. The molecule has 0 spiro atoms. The van der Waals surface area contributed by atoms with Gasteiger partial charge in [0.25, 0.3) is 0 Å². The fourth-order valence-corrected chi connectivity index (χ4v) is 2.42.